The van der Waals surface area contributed by atoms with E-state index in [0.29, 0.717) is 19.4 Å². The number of para-hydroxylation sites is 1. The molecular formula is C22H23N3O3. The second kappa shape index (κ2) is 8.17. The molecule has 2 aromatic carbocycles. The largest absolute Gasteiger partial charge is 0.454 e. The maximum absolute atomic E-state index is 12.1. The molecule has 6 heteroatoms. The summed E-state index contributed by atoms with van der Waals surface area (Å²) in [4.78, 5) is 12.1. The zero-order chi connectivity index (χ0) is 19.3. The number of ether oxygens (including phenoxy) is 2. The maximum atomic E-state index is 12.1. The van der Waals surface area contributed by atoms with Crippen molar-refractivity contribution < 1.29 is 14.3 Å². The summed E-state index contributed by atoms with van der Waals surface area (Å²) in [7, 11) is 0. The fourth-order valence-corrected chi connectivity index (χ4v) is 3.19. The maximum Gasteiger partial charge on any atom is 0.231 e. The molecule has 0 radical (unpaired) electrons. The Morgan fingerprint density at radius 2 is 1.96 bits per heavy atom. The first-order chi connectivity index (χ1) is 13.7. The van der Waals surface area contributed by atoms with Crippen molar-refractivity contribution in [2.24, 2.45) is 0 Å². The van der Waals surface area contributed by atoms with Gasteiger partial charge in [0.05, 0.1) is 11.4 Å². The van der Waals surface area contributed by atoms with Crippen molar-refractivity contribution in [2.45, 2.75) is 26.2 Å². The van der Waals surface area contributed by atoms with E-state index in [0.717, 1.165) is 40.4 Å². The summed E-state index contributed by atoms with van der Waals surface area (Å²) in [6.07, 6.45) is 3.98. The van der Waals surface area contributed by atoms with Crippen molar-refractivity contribution in [1.29, 1.82) is 0 Å². The monoisotopic (exact) mass is 377 g/mol. The average Bonchev–Trinajstić information content (AvgIpc) is 3.37. The number of aromatic nitrogens is 2. The lowest BCUT2D eigenvalue weighted by atomic mass is 10.0. The van der Waals surface area contributed by atoms with Gasteiger partial charge in [-0.1, -0.05) is 25.1 Å². The lowest BCUT2D eigenvalue weighted by molar-refractivity contribution is -0.121. The Balaban J connectivity index is 1.65. The van der Waals surface area contributed by atoms with Crippen molar-refractivity contribution in [2.75, 3.05) is 13.3 Å². The van der Waals surface area contributed by atoms with E-state index in [2.05, 4.69) is 5.32 Å². The van der Waals surface area contributed by atoms with Crippen LogP contribution in [-0.2, 0) is 11.2 Å². The topological polar surface area (TPSA) is 65.4 Å². The minimum atomic E-state index is 0.0611. The number of aryl methyl sites for hydroxylation is 1. The number of amides is 1. The molecule has 0 spiro atoms. The SMILES string of the molecule is CCCNC(=O)CCc1cn(-c2ccccc2)nc1-c1ccc2c(c1)OCO2. The summed E-state index contributed by atoms with van der Waals surface area (Å²) in [5.74, 6) is 1.52. The van der Waals surface area contributed by atoms with Crippen molar-refractivity contribution in [3.05, 3.63) is 60.3 Å². The van der Waals surface area contributed by atoms with Crippen LogP contribution in [0.15, 0.2) is 54.7 Å². The Morgan fingerprint density at radius 3 is 2.79 bits per heavy atom. The number of nitrogens with one attached hydrogen (secondary N) is 1. The van der Waals surface area contributed by atoms with Crippen LogP contribution in [0.1, 0.15) is 25.3 Å². The van der Waals surface area contributed by atoms with Gasteiger partial charge in [0.1, 0.15) is 0 Å². The minimum Gasteiger partial charge on any atom is -0.454 e. The average molecular weight is 377 g/mol. The Bertz CT molecular complexity index is 966. The molecular weight excluding hydrogens is 354 g/mol. The Kier molecular flexibility index (Phi) is 5.28. The van der Waals surface area contributed by atoms with E-state index in [1.54, 1.807) is 0 Å². The zero-order valence-electron chi connectivity index (χ0n) is 15.9. The fraction of sp³-hybridized carbons (Fsp3) is 0.273. The first-order valence-electron chi connectivity index (χ1n) is 9.55. The molecule has 1 aromatic heterocycles. The molecule has 0 saturated carbocycles. The molecule has 0 aliphatic carbocycles. The lowest BCUT2D eigenvalue weighted by Gasteiger charge is -2.05. The Morgan fingerprint density at radius 1 is 1.14 bits per heavy atom. The molecule has 0 saturated heterocycles. The number of hydrogen-bond acceptors (Lipinski definition) is 4. The Labute approximate surface area is 164 Å². The van der Waals surface area contributed by atoms with Gasteiger partial charge in [-0.05, 0) is 48.7 Å². The van der Waals surface area contributed by atoms with Gasteiger partial charge in [0.2, 0.25) is 12.7 Å². The zero-order valence-corrected chi connectivity index (χ0v) is 15.9. The molecule has 4 rings (SSSR count). The van der Waals surface area contributed by atoms with Gasteiger partial charge >= 0.3 is 0 Å². The molecule has 1 N–H and O–H groups in total. The van der Waals surface area contributed by atoms with E-state index in [1.165, 1.54) is 0 Å². The number of benzene rings is 2. The molecule has 6 nitrogen and oxygen atoms in total. The van der Waals surface area contributed by atoms with Crippen molar-refractivity contribution in [3.8, 4) is 28.4 Å². The molecule has 0 bridgehead atoms. The van der Waals surface area contributed by atoms with E-state index in [-0.39, 0.29) is 12.7 Å². The molecule has 144 valence electrons. The molecule has 0 fully saturated rings. The van der Waals surface area contributed by atoms with Gasteiger partial charge in [-0.3, -0.25) is 4.79 Å². The van der Waals surface area contributed by atoms with Crippen LogP contribution in [-0.4, -0.2) is 29.0 Å². The van der Waals surface area contributed by atoms with E-state index >= 15 is 0 Å². The third-order valence-corrected chi connectivity index (χ3v) is 4.65. The first-order valence-corrected chi connectivity index (χ1v) is 9.55. The van der Waals surface area contributed by atoms with Crippen LogP contribution in [0.3, 0.4) is 0 Å². The van der Waals surface area contributed by atoms with E-state index < -0.39 is 0 Å². The second-order valence-electron chi connectivity index (χ2n) is 6.70. The number of fused-ring (bicyclic) bond motifs is 1. The molecule has 2 heterocycles. The molecule has 1 aliphatic heterocycles. The summed E-state index contributed by atoms with van der Waals surface area (Å²) in [6, 6.07) is 15.8. The van der Waals surface area contributed by atoms with E-state index in [9.17, 15) is 4.79 Å². The van der Waals surface area contributed by atoms with Crippen LogP contribution in [0.4, 0.5) is 0 Å². The van der Waals surface area contributed by atoms with Crippen molar-refractivity contribution >= 4 is 5.91 Å². The highest BCUT2D eigenvalue weighted by Gasteiger charge is 2.18. The summed E-state index contributed by atoms with van der Waals surface area (Å²) < 4.78 is 12.8. The summed E-state index contributed by atoms with van der Waals surface area (Å²) in [5, 5.41) is 7.74. The van der Waals surface area contributed by atoms with Crippen LogP contribution < -0.4 is 14.8 Å². The number of rotatable bonds is 7. The standard InChI is InChI=1S/C22H23N3O3/c1-2-12-23-21(26)11-9-17-14-25(18-6-4-3-5-7-18)24-22(17)16-8-10-19-20(13-16)28-15-27-19/h3-8,10,13-14H,2,9,11-12,15H2,1H3,(H,23,26). The highest BCUT2D eigenvalue weighted by Crippen LogP contribution is 2.36. The molecule has 28 heavy (non-hydrogen) atoms. The smallest absolute Gasteiger partial charge is 0.231 e. The highest BCUT2D eigenvalue weighted by molar-refractivity contribution is 5.76. The normalized spacial score (nSPS) is 12.2. The predicted octanol–water partition coefficient (Wildman–Crippen LogP) is 3.73. The lowest BCUT2D eigenvalue weighted by Crippen LogP contribution is -2.24. The molecule has 0 atom stereocenters. The van der Waals surface area contributed by atoms with Crippen LogP contribution in [0.5, 0.6) is 11.5 Å². The summed E-state index contributed by atoms with van der Waals surface area (Å²) in [5.41, 5.74) is 3.80. The van der Waals surface area contributed by atoms with Crippen LogP contribution in [0, 0.1) is 0 Å². The van der Waals surface area contributed by atoms with Gasteiger partial charge < -0.3 is 14.8 Å². The third-order valence-electron chi connectivity index (χ3n) is 4.65. The first kappa shape index (κ1) is 18.1. The summed E-state index contributed by atoms with van der Waals surface area (Å²) in [6.45, 7) is 2.99. The number of carbonyl (C=O) groups is 1. The van der Waals surface area contributed by atoms with Crippen LogP contribution in [0.25, 0.3) is 16.9 Å². The van der Waals surface area contributed by atoms with E-state index in [4.69, 9.17) is 14.6 Å². The number of hydrogen-bond donors (Lipinski definition) is 1. The van der Waals surface area contributed by atoms with Crippen molar-refractivity contribution in [1.82, 2.24) is 15.1 Å². The van der Waals surface area contributed by atoms with Gasteiger partial charge in [-0.2, -0.15) is 5.10 Å². The number of carbonyl (C=O) groups excluding carboxylic acids is 1. The molecule has 1 aliphatic rings. The second-order valence-corrected chi connectivity index (χ2v) is 6.70. The molecule has 3 aromatic rings. The quantitative estimate of drug-likeness (QED) is 0.681. The van der Waals surface area contributed by atoms with Gasteiger partial charge in [-0.15, -0.1) is 0 Å². The minimum absolute atomic E-state index is 0.0611. The number of nitrogens with zero attached hydrogens (tertiary/aromatic N) is 2. The van der Waals surface area contributed by atoms with Gasteiger partial charge in [0.25, 0.3) is 0 Å². The van der Waals surface area contributed by atoms with Gasteiger partial charge in [0.15, 0.2) is 11.5 Å². The Hall–Kier alpha value is -3.28. The molecule has 1 amide bonds. The fourth-order valence-electron chi connectivity index (χ4n) is 3.19. The third kappa shape index (κ3) is 3.86. The van der Waals surface area contributed by atoms with Gasteiger partial charge in [-0.25, -0.2) is 4.68 Å². The predicted molar refractivity (Wildman–Crippen MR) is 107 cm³/mol. The van der Waals surface area contributed by atoms with Gasteiger partial charge in [0, 0.05) is 24.7 Å². The van der Waals surface area contributed by atoms with E-state index in [1.807, 2.05) is 66.3 Å². The summed E-state index contributed by atoms with van der Waals surface area (Å²) >= 11 is 0. The van der Waals surface area contributed by atoms with Crippen LogP contribution in [0.2, 0.25) is 0 Å². The van der Waals surface area contributed by atoms with Crippen LogP contribution >= 0.6 is 0 Å². The van der Waals surface area contributed by atoms with Crippen molar-refractivity contribution in [3.63, 3.8) is 0 Å². The highest BCUT2D eigenvalue weighted by atomic mass is 16.7. The molecule has 0 unspecified atom stereocenters.